The Hall–Kier alpha value is -1.58. The molecule has 0 amide bonds. The van der Waals surface area contributed by atoms with Gasteiger partial charge in [0.15, 0.2) is 0 Å². The van der Waals surface area contributed by atoms with Gasteiger partial charge in [-0.05, 0) is 36.8 Å². The third kappa shape index (κ3) is 2.75. The fourth-order valence-corrected chi connectivity index (χ4v) is 2.37. The fourth-order valence-electron chi connectivity index (χ4n) is 2.37. The average molecular weight is 234 g/mol. The summed E-state index contributed by atoms with van der Waals surface area (Å²) in [6, 6.07) is 1.93. The Labute approximate surface area is 101 Å². The molecule has 1 saturated carbocycles. The van der Waals surface area contributed by atoms with Crippen LogP contribution in [0.2, 0.25) is 0 Å². The van der Waals surface area contributed by atoms with Gasteiger partial charge in [-0.25, -0.2) is 0 Å². The molecule has 2 N–H and O–H groups in total. The summed E-state index contributed by atoms with van der Waals surface area (Å²) >= 11 is 0. The predicted molar refractivity (Wildman–Crippen MR) is 66.0 cm³/mol. The highest BCUT2D eigenvalue weighted by Gasteiger charge is 2.38. The van der Waals surface area contributed by atoms with Crippen molar-refractivity contribution in [1.29, 1.82) is 0 Å². The largest absolute Gasteiger partial charge is 0.481 e. The molecule has 1 aliphatic rings. The molecule has 1 aromatic rings. The first-order valence-corrected chi connectivity index (χ1v) is 5.98. The van der Waals surface area contributed by atoms with Crippen LogP contribution >= 0.6 is 0 Å². The lowest BCUT2D eigenvalue weighted by Gasteiger charge is -2.41. The summed E-state index contributed by atoms with van der Waals surface area (Å²) in [4.78, 5) is 14.9. The van der Waals surface area contributed by atoms with Gasteiger partial charge in [0.2, 0.25) is 0 Å². The lowest BCUT2D eigenvalue weighted by molar-refractivity contribution is -0.141. The van der Waals surface area contributed by atoms with E-state index in [2.05, 4.69) is 10.3 Å². The highest BCUT2D eigenvalue weighted by Crippen LogP contribution is 2.44. The molecule has 4 nitrogen and oxygen atoms in total. The molecule has 4 heteroatoms. The summed E-state index contributed by atoms with van der Waals surface area (Å²) in [5.74, 6) is -0.696. The van der Waals surface area contributed by atoms with Crippen molar-refractivity contribution in [3.8, 4) is 0 Å². The molecule has 0 saturated heterocycles. The van der Waals surface area contributed by atoms with Crippen LogP contribution in [0, 0.1) is 12.3 Å². The summed E-state index contributed by atoms with van der Waals surface area (Å²) in [6.07, 6.45) is 6.99. The molecule has 92 valence electrons. The molecule has 1 heterocycles. The molecule has 17 heavy (non-hydrogen) atoms. The van der Waals surface area contributed by atoms with Crippen molar-refractivity contribution in [2.24, 2.45) is 5.41 Å². The van der Waals surface area contributed by atoms with Gasteiger partial charge in [-0.3, -0.25) is 9.78 Å². The summed E-state index contributed by atoms with van der Waals surface area (Å²) in [6.45, 7) is 2.74. The molecule has 0 spiro atoms. The Bertz CT molecular complexity index is 414. The minimum absolute atomic E-state index is 0.0401. The van der Waals surface area contributed by atoms with Crippen LogP contribution in [0.1, 0.15) is 31.2 Å². The van der Waals surface area contributed by atoms with Gasteiger partial charge in [0, 0.05) is 24.6 Å². The molecule has 0 unspecified atom stereocenters. The van der Waals surface area contributed by atoms with Gasteiger partial charge in [0.1, 0.15) is 0 Å². The number of aryl methyl sites for hydroxylation is 1. The van der Waals surface area contributed by atoms with Gasteiger partial charge < -0.3 is 10.4 Å². The third-order valence-electron chi connectivity index (χ3n) is 3.61. The lowest BCUT2D eigenvalue weighted by Crippen LogP contribution is -2.38. The SMILES string of the molecule is Cc1cnccc1NCC1(CC(=O)O)CCC1. The number of pyridine rings is 1. The fraction of sp³-hybridized carbons (Fsp3) is 0.538. The number of anilines is 1. The first-order chi connectivity index (χ1) is 8.11. The number of hydrogen-bond acceptors (Lipinski definition) is 3. The second-order valence-electron chi connectivity index (χ2n) is 4.97. The molecule has 0 aliphatic heterocycles. The van der Waals surface area contributed by atoms with Crippen molar-refractivity contribution in [2.45, 2.75) is 32.6 Å². The summed E-state index contributed by atoms with van der Waals surface area (Å²) < 4.78 is 0. The van der Waals surface area contributed by atoms with E-state index in [4.69, 9.17) is 5.11 Å². The van der Waals surface area contributed by atoms with Crippen molar-refractivity contribution in [3.63, 3.8) is 0 Å². The Morgan fingerprint density at radius 2 is 2.35 bits per heavy atom. The number of rotatable bonds is 5. The molecule has 0 bridgehead atoms. The predicted octanol–water partition coefficient (Wildman–Crippen LogP) is 2.45. The summed E-state index contributed by atoms with van der Waals surface area (Å²) in [7, 11) is 0. The van der Waals surface area contributed by atoms with Gasteiger partial charge in [0.25, 0.3) is 0 Å². The maximum atomic E-state index is 10.8. The topological polar surface area (TPSA) is 62.2 Å². The third-order valence-corrected chi connectivity index (χ3v) is 3.61. The Balaban J connectivity index is 1.97. The number of carboxylic acids is 1. The van der Waals surface area contributed by atoms with Crippen LogP contribution < -0.4 is 5.32 Å². The number of aromatic nitrogens is 1. The van der Waals surface area contributed by atoms with Crippen molar-refractivity contribution < 1.29 is 9.90 Å². The number of nitrogens with zero attached hydrogens (tertiary/aromatic N) is 1. The van der Waals surface area contributed by atoms with Crippen LogP contribution in [0.3, 0.4) is 0 Å². The van der Waals surface area contributed by atoms with Crippen LogP contribution in [0.25, 0.3) is 0 Å². The minimum Gasteiger partial charge on any atom is -0.481 e. The zero-order valence-corrected chi connectivity index (χ0v) is 10.1. The monoisotopic (exact) mass is 234 g/mol. The molecule has 1 fully saturated rings. The van der Waals surface area contributed by atoms with E-state index in [1.165, 1.54) is 0 Å². The van der Waals surface area contributed by atoms with Crippen molar-refractivity contribution in [3.05, 3.63) is 24.0 Å². The number of aliphatic carboxylic acids is 1. The van der Waals surface area contributed by atoms with Crippen LogP contribution in [-0.2, 0) is 4.79 Å². The number of carbonyl (C=O) groups is 1. The van der Waals surface area contributed by atoms with E-state index in [1.54, 1.807) is 6.20 Å². The highest BCUT2D eigenvalue weighted by molar-refractivity contribution is 5.68. The summed E-state index contributed by atoms with van der Waals surface area (Å²) in [5, 5.41) is 12.3. The first kappa shape index (κ1) is 11.9. The number of nitrogens with one attached hydrogen (secondary N) is 1. The van der Waals surface area contributed by atoms with Gasteiger partial charge in [-0.2, -0.15) is 0 Å². The number of carboxylic acid groups (broad SMARTS) is 1. The molecule has 2 rings (SSSR count). The van der Waals surface area contributed by atoms with Crippen LogP contribution in [0.5, 0.6) is 0 Å². The normalized spacial score (nSPS) is 17.2. The maximum absolute atomic E-state index is 10.8. The minimum atomic E-state index is -0.696. The van der Waals surface area contributed by atoms with Crippen LogP contribution in [0.4, 0.5) is 5.69 Å². The van der Waals surface area contributed by atoms with Crippen molar-refractivity contribution in [2.75, 3.05) is 11.9 Å². The molecular formula is C13H18N2O2. The summed E-state index contributed by atoms with van der Waals surface area (Å²) in [5.41, 5.74) is 2.11. The Kier molecular flexibility index (Phi) is 3.31. The Morgan fingerprint density at radius 1 is 1.59 bits per heavy atom. The van der Waals surface area contributed by atoms with Crippen molar-refractivity contribution in [1.82, 2.24) is 4.98 Å². The average Bonchev–Trinajstić information content (AvgIpc) is 2.23. The first-order valence-electron chi connectivity index (χ1n) is 5.98. The van der Waals surface area contributed by atoms with Crippen LogP contribution in [-0.4, -0.2) is 22.6 Å². The van der Waals surface area contributed by atoms with Gasteiger partial charge in [-0.15, -0.1) is 0 Å². The van der Waals surface area contributed by atoms with Crippen molar-refractivity contribution >= 4 is 11.7 Å². The van der Waals surface area contributed by atoms with E-state index in [0.717, 1.165) is 37.1 Å². The zero-order chi connectivity index (χ0) is 12.3. The van der Waals surface area contributed by atoms with Crippen LogP contribution in [0.15, 0.2) is 18.5 Å². The van der Waals surface area contributed by atoms with Gasteiger partial charge in [0.05, 0.1) is 6.42 Å². The van der Waals surface area contributed by atoms with E-state index >= 15 is 0 Å². The molecular weight excluding hydrogens is 216 g/mol. The maximum Gasteiger partial charge on any atom is 0.303 e. The highest BCUT2D eigenvalue weighted by atomic mass is 16.4. The van der Waals surface area contributed by atoms with Gasteiger partial charge in [-0.1, -0.05) is 6.42 Å². The number of hydrogen-bond donors (Lipinski definition) is 2. The second kappa shape index (κ2) is 4.73. The van der Waals surface area contributed by atoms with E-state index < -0.39 is 5.97 Å². The molecule has 0 aromatic carbocycles. The zero-order valence-electron chi connectivity index (χ0n) is 10.1. The molecule has 1 aliphatic carbocycles. The Morgan fingerprint density at radius 3 is 2.88 bits per heavy atom. The standard InChI is InChI=1S/C13H18N2O2/c1-10-8-14-6-3-11(10)15-9-13(4-2-5-13)7-12(16)17/h3,6,8H,2,4-5,7,9H2,1H3,(H,14,15)(H,16,17). The lowest BCUT2D eigenvalue weighted by atomic mass is 9.66. The quantitative estimate of drug-likeness (QED) is 0.821. The van der Waals surface area contributed by atoms with E-state index in [1.807, 2.05) is 19.2 Å². The molecule has 0 atom stereocenters. The molecule has 0 radical (unpaired) electrons. The van der Waals surface area contributed by atoms with E-state index in [0.29, 0.717) is 0 Å². The smallest absolute Gasteiger partial charge is 0.303 e. The second-order valence-corrected chi connectivity index (χ2v) is 4.97. The molecule has 1 aromatic heterocycles. The van der Waals surface area contributed by atoms with Gasteiger partial charge >= 0.3 is 5.97 Å². The van der Waals surface area contributed by atoms with E-state index in [-0.39, 0.29) is 11.8 Å². The van der Waals surface area contributed by atoms with E-state index in [9.17, 15) is 4.79 Å².